The van der Waals surface area contributed by atoms with Gasteiger partial charge in [0.25, 0.3) is 0 Å². The molecule has 0 unspecified atom stereocenters. The molecule has 0 saturated heterocycles. The molecule has 132 valence electrons. The number of thiazole rings is 1. The highest BCUT2D eigenvalue weighted by Gasteiger charge is 2.16. The highest BCUT2D eigenvalue weighted by molar-refractivity contribution is 7.98. The predicted octanol–water partition coefficient (Wildman–Crippen LogP) is 4.28. The first kappa shape index (κ1) is 16.9. The summed E-state index contributed by atoms with van der Waals surface area (Å²) in [6.45, 7) is 3.95. The fourth-order valence-electron chi connectivity index (χ4n) is 2.52. The summed E-state index contributed by atoms with van der Waals surface area (Å²) < 4.78 is 6.81. The summed E-state index contributed by atoms with van der Waals surface area (Å²) in [4.78, 5) is 4.71. The number of aromatic nitrogens is 4. The van der Waals surface area contributed by atoms with E-state index < -0.39 is 0 Å². The smallest absolute Gasteiger partial charge is 0.210 e. The molecule has 2 N–H and O–H groups in total. The third-order valence-electron chi connectivity index (χ3n) is 3.96. The second-order valence-corrected chi connectivity index (χ2v) is 7.67. The molecule has 3 aromatic heterocycles. The van der Waals surface area contributed by atoms with Crippen molar-refractivity contribution in [3.8, 4) is 22.0 Å². The van der Waals surface area contributed by atoms with Crippen molar-refractivity contribution in [2.24, 2.45) is 0 Å². The van der Waals surface area contributed by atoms with Gasteiger partial charge in [0.2, 0.25) is 5.16 Å². The Morgan fingerprint density at radius 1 is 1.15 bits per heavy atom. The maximum atomic E-state index is 6.15. The molecule has 26 heavy (non-hydrogen) atoms. The highest BCUT2D eigenvalue weighted by atomic mass is 32.2. The average Bonchev–Trinajstić information content (AvgIpc) is 3.35. The van der Waals surface area contributed by atoms with Crippen molar-refractivity contribution < 1.29 is 4.42 Å². The molecule has 1 aromatic carbocycles. The quantitative estimate of drug-likeness (QED) is 0.409. The first-order chi connectivity index (χ1) is 12.6. The van der Waals surface area contributed by atoms with Crippen LogP contribution in [0.1, 0.15) is 17.0 Å². The lowest BCUT2D eigenvalue weighted by Gasteiger charge is -2.02. The molecular formula is C18H17N5OS2. The highest BCUT2D eigenvalue weighted by Crippen LogP contribution is 2.29. The van der Waals surface area contributed by atoms with E-state index in [4.69, 9.17) is 15.2 Å². The molecular weight excluding hydrogens is 366 g/mol. The molecule has 0 aliphatic carbocycles. The van der Waals surface area contributed by atoms with E-state index in [2.05, 4.69) is 46.8 Å². The lowest BCUT2D eigenvalue weighted by Crippen LogP contribution is -2.11. The van der Waals surface area contributed by atoms with E-state index in [1.807, 2.05) is 13.0 Å². The first-order valence-electron chi connectivity index (χ1n) is 8.01. The standard InChI is InChI=1S/C18H17N5OS2/c1-11-3-5-13(6-4-11)17-20-14(9-25-17)10-26-18-22-21-16(23(18)19)15-7-8-24-12(15)2/h3-9H,10,19H2,1-2H3. The lowest BCUT2D eigenvalue weighted by molar-refractivity contribution is 0.535. The lowest BCUT2D eigenvalue weighted by atomic mass is 10.2. The number of furan rings is 1. The second-order valence-electron chi connectivity index (χ2n) is 5.87. The Hall–Kier alpha value is -2.58. The van der Waals surface area contributed by atoms with Crippen LogP contribution in [0.25, 0.3) is 22.0 Å². The third kappa shape index (κ3) is 3.25. The molecule has 0 atom stereocenters. The number of benzene rings is 1. The number of thioether (sulfide) groups is 1. The van der Waals surface area contributed by atoms with Crippen LogP contribution in [-0.4, -0.2) is 19.9 Å². The minimum Gasteiger partial charge on any atom is -0.469 e. The molecule has 0 radical (unpaired) electrons. The minimum absolute atomic E-state index is 0.595. The average molecular weight is 384 g/mol. The van der Waals surface area contributed by atoms with Gasteiger partial charge < -0.3 is 10.3 Å². The summed E-state index contributed by atoms with van der Waals surface area (Å²) in [5, 5.41) is 12.1. The Morgan fingerprint density at radius 3 is 2.69 bits per heavy atom. The Kier molecular flexibility index (Phi) is 4.52. The monoisotopic (exact) mass is 383 g/mol. The van der Waals surface area contributed by atoms with E-state index in [0.717, 1.165) is 27.6 Å². The van der Waals surface area contributed by atoms with Crippen molar-refractivity contribution in [3.63, 3.8) is 0 Å². The van der Waals surface area contributed by atoms with Crippen molar-refractivity contribution in [2.45, 2.75) is 24.8 Å². The molecule has 4 rings (SSSR count). The Morgan fingerprint density at radius 2 is 1.96 bits per heavy atom. The van der Waals surface area contributed by atoms with Gasteiger partial charge in [0.05, 0.1) is 17.5 Å². The fraction of sp³-hybridized carbons (Fsp3) is 0.167. The molecule has 0 aliphatic rings. The molecule has 0 amide bonds. The Balaban J connectivity index is 1.48. The van der Waals surface area contributed by atoms with Crippen LogP contribution in [0.3, 0.4) is 0 Å². The van der Waals surface area contributed by atoms with Gasteiger partial charge in [-0.25, -0.2) is 9.66 Å². The zero-order chi connectivity index (χ0) is 18.1. The summed E-state index contributed by atoms with van der Waals surface area (Å²) in [6, 6.07) is 10.2. The summed E-state index contributed by atoms with van der Waals surface area (Å²) in [5.74, 6) is 8.19. The van der Waals surface area contributed by atoms with E-state index in [1.165, 1.54) is 22.0 Å². The maximum absolute atomic E-state index is 6.15. The first-order valence-corrected chi connectivity index (χ1v) is 9.87. The van der Waals surface area contributed by atoms with Crippen LogP contribution in [0.2, 0.25) is 0 Å². The fourth-order valence-corrected chi connectivity index (χ4v) is 4.20. The summed E-state index contributed by atoms with van der Waals surface area (Å²) in [5.41, 5.74) is 4.23. The topological polar surface area (TPSA) is 82.8 Å². The van der Waals surface area contributed by atoms with E-state index in [0.29, 0.717) is 16.7 Å². The minimum atomic E-state index is 0.595. The Bertz CT molecular complexity index is 1030. The number of aryl methyl sites for hydroxylation is 2. The molecule has 0 aliphatic heterocycles. The van der Waals surface area contributed by atoms with Gasteiger partial charge in [-0.15, -0.1) is 21.5 Å². The number of nitrogens with zero attached hydrogens (tertiary/aromatic N) is 4. The van der Waals surface area contributed by atoms with Crippen LogP contribution >= 0.6 is 23.1 Å². The largest absolute Gasteiger partial charge is 0.469 e. The zero-order valence-corrected chi connectivity index (χ0v) is 16.0. The van der Waals surface area contributed by atoms with Gasteiger partial charge in [0.1, 0.15) is 10.8 Å². The number of nitrogens with two attached hydrogens (primary N) is 1. The SMILES string of the molecule is Cc1ccc(-c2nc(CSc3nnc(-c4ccoc4C)n3N)cs2)cc1. The molecule has 3 heterocycles. The second kappa shape index (κ2) is 6.97. The molecule has 0 fully saturated rings. The Labute approximate surface area is 159 Å². The van der Waals surface area contributed by atoms with Gasteiger partial charge in [0, 0.05) is 16.7 Å². The summed E-state index contributed by atoms with van der Waals surface area (Å²) >= 11 is 3.16. The van der Waals surface area contributed by atoms with Crippen LogP contribution in [0.4, 0.5) is 0 Å². The number of nitrogen functional groups attached to an aromatic ring is 1. The molecule has 4 aromatic rings. The molecule has 0 bridgehead atoms. The molecule has 0 spiro atoms. The maximum Gasteiger partial charge on any atom is 0.210 e. The van der Waals surface area contributed by atoms with Crippen molar-refractivity contribution in [1.29, 1.82) is 0 Å². The van der Waals surface area contributed by atoms with Crippen molar-refractivity contribution in [1.82, 2.24) is 19.9 Å². The predicted molar refractivity (Wildman–Crippen MR) is 104 cm³/mol. The molecule has 6 nitrogen and oxygen atoms in total. The van der Waals surface area contributed by atoms with Crippen LogP contribution in [-0.2, 0) is 5.75 Å². The van der Waals surface area contributed by atoms with Crippen molar-refractivity contribution >= 4 is 23.1 Å². The number of hydrogen-bond acceptors (Lipinski definition) is 7. The van der Waals surface area contributed by atoms with Gasteiger partial charge in [0.15, 0.2) is 5.82 Å². The van der Waals surface area contributed by atoms with Crippen LogP contribution in [0.5, 0.6) is 0 Å². The van der Waals surface area contributed by atoms with E-state index in [-0.39, 0.29) is 0 Å². The molecule has 8 heteroatoms. The van der Waals surface area contributed by atoms with Crippen molar-refractivity contribution in [3.05, 3.63) is 59.0 Å². The van der Waals surface area contributed by atoms with Gasteiger partial charge >= 0.3 is 0 Å². The van der Waals surface area contributed by atoms with Crippen LogP contribution in [0, 0.1) is 13.8 Å². The van der Waals surface area contributed by atoms with E-state index in [9.17, 15) is 0 Å². The third-order valence-corrected chi connectivity index (χ3v) is 5.88. The normalized spacial score (nSPS) is 11.2. The number of rotatable bonds is 5. The van der Waals surface area contributed by atoms with Gasteiger partial charge in [-0.1, -0.05) is 41.6 Å². The van der Waals surface area contributed by atoms with Gasteiger partial charge in [-0.05, 0) is 19.9 Å². The van der Waals surface area contributed by atoms with Gasteiger partial charge in [-0.3, -0.25) is 0 Å². The zero-order valence-electron chi connectivity index (χ0n) is 14.3. The van der Waals surface area contributed by atoms with E-state index in [1.54, 1.807) is 17.6 Å². The van der Waals surface area contributed by atoms with Crippen molar-refractivity contribution in [2.75, 3.05) is 5.84 Å². The van der Waals surface area contributed by atoms with E-state index >= 15 is 0 Å². The van der Waals surface area contributed by atoms with Crippen LogP contribution < -0.4 is 5.84 Å². The van der Waals surface area contributed by atoms with Gasteiger partial charge in [-0.2, -0.15) is 0 Å². The number of hydrogen-bond donors (Lipinski definition) is 1. The molecule has 0 saturated carbocycles. The van der Waals surface area contributed by atoms with Crippen LogP contribution in [0.15, 0.2) is 51.5 Å². The summed E-state index contributed by atoms with van der Waals surface area (Å²) in [7, 11) is 0. The summed E-state index contributed by atoms with van der Waals surface area (Å²) in [6.07, 6.45) is 1.62.